The van der Waals surface area contributed by atoms with E-state index in [1.807, 2.05) is 29.7 Å². The summed E-state index contributed by atoms with van der Waals surface area (Å²) in [6, 6.07) is 1.84. The van der Waals surface area contributed by atoms with E-state index in [-0.39, 0.29) is 11.8 Å². The predicted octanol–water partition coefficient (Wildman–Crippen LogP) is 3.60. The topological polar surface area (TPSA) is 40.6 Å². The number of hydrogen-bond acceptors (Lipinski definition) is 3. The van der Waals surface area contributed by atoms with Crippen molar-refractivity contribution in [1.29, 1.82) is 0 Å². The largest absolute Gasteiger partial charge is 0.339 e. The van der Waals surface area contributed by atoms with E-state index in [9.17, 15) is 9.59 Å². The van der Waals surface area contributed by atoms with Gasteiger partial charge in [0.2, 0.25) is 5.91 Å². The summed E-state index contributed by atoms with van der Waals surface area (Å²) in [5.74, 6) is 0.610. The van der Waals surface area contributed by atoms with Gasteiger partial charge < -0.3 is 9.80 Å². The SMILES string of the molecule is CC(C)CC(=O)N1CCN(C(=O)c2cc(Br)c(Br)s2)CC1. The Balaban J connectivity index is 1.91. The molecule has 0 radical (unpaired) electrons. The summed E-state index contributed by atoms with van der Waals surface area (Å²) in [4.78, 5) is 28.8. The molecule has 21 heavy (non-hydrogen) atoms. The molecule has 7 heteroatoms. The summed E-state index contributed by atoms with van der Waals surface area (Å²) in [7, 11) is 0. The van der Waals surface area contributed by atoms with Gasteiger partial charge in [0.15, 0.2) is 0 Å². The number of hydrogen-bond donors (Lipinski definition) is 0. The van der Waals surface area contributed by atoms with Crippen LogP contribution in [0.3, 0.4) is 0 Å². The monoisotopic (exact) mass is 436 g/mol. The molecule has 1 fully saturated rings. The van der Waals surface area contributed by atoms with Crippen LogP contribution in [0.15, 0.2) is 14.3 Å². The Hall–Kier alpha value is -0.400. The molecular formula is C14H18Br2N2O2S. The van der Waals surface area contributed by atoms with Crippen LogP contribution in [-0.4, -0.2) is 47.8 Å². The van der Waals surface area contributed by atoms with Gasteiger partial charge >= 0.3 is 0 Å². The highest BCUT2D eigenvalue weighted by Gasteiger charge is 2.26. The molecule has 1 aromatic heterocycles. The first-order valence-corrected chi connectivity index (χ1v) is 9.30. The number of amides is 2. The fourth-order valence-electron chi connectivity index (χ4n) is 2.25. The summed E-state index contributed by atoms with van der Waals surface area (Å²) < 4.78 is 1.83. The Morgan fingerprint density at radius 2 is 1.76 bits per heavy atom. The quantitative estimate of drug-likeness (QED) is 0.724. The zero-order valence-corrected chi connectivity index (χ0v) is 16.1. The Labute approximate surface area is 145 Å². The van der Waals surface area contributed by atoms with E-state index in [4.69, 9.17) is 0 Å². The molecule has 4 nitrogen and oxygen atoms in total. The van der Waals surface area contributed by atoms with E-state index in [0.29, 0.717) is 38.5 Å². The first-order chi connectivity index (χ1) is 9.88. The molecule has 0 unspecified atom stereocenters. The lowest BCUT2D eigenvalue weighted by molar-refractivity contribution is -0.133. The fraction of sp³-hybridized carbons (Fsp3) is 0.571. The number of rotatable bonds is 3. The minimum atomic E-state index is 0.0439. The van der Waals surface area contributed by atoms with E-state index in [2.05, 4.69) is 31.9 Å². The third kappa shape index (κ3) is 4.29. The first kappa shape index (κ1) is 17.0. The van der Waals surface area contributed by atoms with Crippen molar-refractivity contribution in [1.82, 2.24) is 9.80 Å². The lowest BCUT2D eigenvalue weighted by Crippen LogP contribution is -2.50. The lowest BCUT2D eigenvalue weighted by atomic mass is 10.1. The third-order valence-electron chi connectivity index (χ3n) is 3.36. The zero-order valence-electron chi connectivity index (χ0n) is 12.1. The molecule has 2 amide bonds. The van der Waals surface area contributed by atoms with Crippen molar-refractivity contribution in [3.05, 3.63) is 19.2 Å². The molecule has 1 saturated heterocycles. The van der Waals surface area contributed by atoms with E-state index >= 15 is 0 Å². The van der Waals surface area contributed by atoms with Gasteiger partial charge in [0.1, 0.15) is 0 Å². The van der Waals surface area contributed by atoms with Crippen LogP contribution in [0.4, 0.5) is 0 Å². The van der Waals surface area contributed by atoms with Gasteiger partial charge in [-0.15, -0.1) is 11.3 Å². The molecule has 1 aromatic rings. The second-order valence-corrected chi connectivity index (χ2v) is 8.73. The molecule has 0 bridgehead atoms. The van der Waals surface area contributed by atoms with Gasteiger partial charge in [-0.05, 0) is 43.8 Å². The highest BCUT2D eigenvalue weighted by atomic mass is 79.9. The molecule has 2 heterocycles. The summed E-state index contributed by atoms with van der Waals surface area (Å²) in [5.41, 5.74) is 0. The van der Waals surface area contributed by atoms with Crippen molar-refractivity contribution in [2.24, 2.45) is 5.92 Å². The molecule has 0 saturated carbocycles. The normalized spacial score (nSPS) is 15.7. The second kappa shape index (κ2) is 7.24. The molecule has 0 N–H and O–H groups in total. The summed E-state index contributed by atoms with van der Waals surface area (Å²) in [5, 5.41) is 0. The van der Waals surface area contributed by atoms with Crippen LogP contribution in [0.5, 0.6) is 0 Å². The second-order valence-electron chi connectivity index (χ2n) is 5.50. The van der Waals surface area contributed by atoms with Crippen molar-refractivity contribution in [3.63, 3.8) is 0 Å². The van der Waals surface area contributed by atoms with Crippen LogP contribution < -0.4 is 0 Å². The van der Waals surface area contributed by atoms with Gasteiger partial charge in [0.25, 0.3) is 5.91 Å². The van der Waals surface area contributed by atoms with Gasteiger partial charge in [0, 0.05) is 37.1 Å². The molecule has 1 aliphatic heterocycles. The standard InChI is InChI=1S/C14H18Br2N2O2S/c1-9(2)7-12(19)17-3-5-18(6-4-17)14(20)11-8-10(15)13(16)21-11/h8-9H,3-7H2,1-2H3. The lowest BCUT2D eigenvalue weighted by Gasteiger charge is -2.35. The molecule has 0 aliphatic carbocycles. The van der Waals surface area contributed by atoms with Gasteiger partial charge in [-0.3, -0.25) is 9.59 Å². The van der Waals surface area contributed by atoms with E-state index < -0.39 is 0 Å². The van der Waals surface area contributed by atoms with Gasteiger partial charge in [-0.2, -0.15) is 0 Å². The van der Waals surface area contributed by atoms with Crippen LogP contribution in [0, 0.1) is 5.92 Å². The summed E-state index contributed by atoms with van der Waals surface area (Å²) in [6.07, 6.45) is 0.582. The van der Waals surface area contributed by atoms with Crippen LogP contribution in [-0.2, 0) is 4.79 Å². The number of thiophene rings is 1. The van der Waals surface area contributed by atoms with Crippen molar-refractivity contribution in [2.45, 2.75) is 20.3 Å². The molecule has 0 spiro atoms. The average molecular weight is 438 g/mol. The van der Waals surface area contributed by atoms with Gasteiger partial charge in [0.05, 0.1) is 8.66 Å². The highest BCUT2D eigenvalue weighted by Crippen LogP contribution is 2.33. The van der Waals surface area contributed by atoms with Crippen molar-refractivity contribution in [2.75, 3.05) is 26.2 Å². The molecule has 2 rings (SSSR count). The van der Waals surface area contributed by atoms with Crippen LogP contribution in [0.1, 0.15) is 29.9 Å². The Morgan fingerprint density at radius 1 is 1.19 bits per heavy atom. The predicted molar refractivity (Wildman–Crippen MR) is 91.7 cm³/mol. The number of nitrogens with zero attached hydrogens (tertiary/aromatic N) is 2. The molecule has 116 valence electrons. The van der Waals surface area contributed by atoms with E-state index in [1.165, 1.54) is 11.3 Å². The van der Waals surface area contributed by atoms with Crippen LogP contribution >= 0.6 is 43.2 Å². The zero-order chi connectivity index (χ0) is 15.6. The average Bonchev–Trinajstić information content (AvgIpc) is 2.77. The van der Waals surface area contributed by atoms with Gasteiger partial charge in [-0.1, -0.05) is 13.8 Å². The smallest absolute Gasteiger partial charge is 0.264 e. The Bertz CT molecular complexity index is 518. The molecule has 0 aromatic carbocycles. The summed E-state index contributed by atoms with van der Waals surface area (Å²) in [6.45, 7) is 6.57. The number of piperazine rings is 1. The van der Waals surface area contributed by atoms with E-state index in [1.54, 1.807) is 0 Å². The van der Waals surface area contributed by atoms with Crippen molar-refractivity contribution in [3.8, 4) is 0 Å². The maximum absolute atomic E-state index is 12.4. The number of halogens is 2. The van der Waals surface area contributed by atoms with Crippen LogP contribution in [0.2, 0.25) is 0 Å². The fourth-order valence-corrected chi connectivity index (χ4v) is 4.25. The Kier molecular flexibility index (Phi) is 5.85. The maximum atomic E-state index is 12.4. The first-order valence-electron chi connectivity index (χ1n) is 6.90. The van der Waals surface area contributed by atoms with Crippen molar-refractivity contribution < 1.29 is 9.59 Å². The van der Waals surface area contributed by atoms with E-state index in [0.717, 1.165) is 13.1 Å². The maximum Gasteiger partial charge on any atom is 0.264 e. The Morgan fingerprint density at radius 3 is 2.24 bits per heavy atom. The minimum absolute atomic E-state index is 0.0439. The van der Waals surface area contributed by atoms with Crippen LogP contribution in [0.25, 0.3) is 0 Å². The highest BCUT2D eigenvalue weighted by molar-refractivity contribution is 9.13. The molecule has 1 aliphatic rings. The number of carbonyl (C=O) groups excluding carboxylic acids is 2. The number of carbonyl (C=O) groups is 2. The minimum Gasteiger partial charge on any atom is -0.339 e. The third-order valence-corrected chi connectivity index (χ3v) is 6.60. The summed E-state index contributed by atoms with van der Waals surface area (Å²) >= 11 is 8.24. The van der Waals surface area contributed by atoms with Gasteiger partial charge in [-0.25, -0.2) is 0 Å². The molecule has 0 atom stereocenters. The molecular weight excluding hydrogens is 420 g/mol. The van der Waals surface area contributed by atoms with Crippen molar-refractivity contribution >= 4 is 55.0 Å².